The van der Waals surface area contributed by atoms with Gasteiger partial charge in [0.2, 0.25) is 5.91 Å². The van der Waals surface area contributed by atoms with Crippen LogP contribution in [0.1, 0.15) is 32.1 Å². The summed E-state index contributed by atoms with van der Waals surface area (Å²) >= 11 is 0. The maximum Gasteiger partial charge on any atom is 0.303 e. The molecule has 5 nitrogen and oxygen atoms in total. The molecule has 1 heterocycles. The monoisotopic (exact) mass is 290 g/mol. The van der Waals surface area contributed by atoms with Gasteiger partial charge in [-0.05, 0) is 37.9 Å². The first-order valence-corrected chi connectivity index (χ1v) is 7.47. The fourth-order valence-electron chi connectivity index (χ4n) is 2.65. The van der Waals surface area contributed by atoms with Gasteiger partial charge in [-0.1, -0.05) is 18.2 Å². The van der Waals surface area contributed by atoms with Crippen molar-refractivity contribution in [2.24, 2.45) is 0 Å². The first-order valence-electron chi connectivity index (χ1n) is 7.47. The number of para-hydroxylation sites is 1. The number of carbonyl (C=O) groups excluding carboxylic acids is 1. The number of hydrogen-bond acceptors (Lipinski definition) is 3. The normalized spacial score (nSPS) is 17.6. The zero-order valence-corrected chi connectivity index (χ0v) is 12.1. The van der Waals surface area contributed by atoms with Crippen molar-refractivity contribution in [2.45, 2.75) is 38.1 Å². The minimum absolute atomic E-state index is 0.0611. The molecule has 1 saturated heterocycles. The highest BCUT2D eigenvalue weighted by atomic mass is 16.4. The summed E-state index contributed by atoms with van der Waals surface area (Å²) in [5.41, 5.74) is 0.839. The van der Waals surface area contributed by atoms with E-state index in [1.807, 2.05) is 30.3 Å². The molecule has 1 aromatic rings. The molecule has 1 fully saturated rings. The van der Waals surface area contributed by atoms with Crippen molar-refractivity contribution in [1.82, 2.24) is 5.32 Å². The summed E-state index contributed by atoms with van der Waals surface area (Å²) in [4.78, 5) is 24.9. The molecular weight excluding hydrogens is 268 g/mol. The molecule has 0 spiro atoms. The topological polar surface area (TPSA) is 69.6 Å². The quantitative estimate of drug-likeness (QED) is 0.806. The van der Waals surface area contributed by atoms with Crippen molar-refractivity contribution < 1.29 is 14.7 Å². The van der Waals surface area contributed by atoms with Gasteiger partial charge in [0.25, 0.3) is 0 Å². The van der Waals surface area contributed by atoms with E-state index in [9.17, 15) is 9.59 Å². The Morgan fingerprint density at radius 3 is 2.67 bits per heavy atom. The zero-order chi connectivity index (χ0) is 15.1. The second kappa shape index (κ2) is 7.78. The van der Waals surface area contributed by atoms with Gasteiger partial charge >= 0.3 is 5.97 Å². The van der Waals surface area contributed by atoms with Crippen LogP contribution in [0, 0.1) is 0 Å². The number of amides is 1. The molecule has 0 aliphatic carbocycles. The molecule has 0 bridgehead atoms. The van der Waals surface area contributed by atoms with Crippen molar-refractivity contribution in [3.63, 3.8) is 0 Å². The molecule has 2 N–H and O–H groups in total. The predicted octanol–water partition coefficient (Wildman–Crippen LogP) is 2.03. The Morgan fingerprint density at radius 1 is 1.29 bits per heavy atom. The Kier molecular flexibility index (Phi) is 5.75. The lowest BCUT2D eigenvalue weighted by Crippen LogP contribution is -2.36. The first-order chi connectivity index (χ1) is 10.2. The lowest BCUT2D eigenvalue weighted by Gasteiger charge is -2.24. The van der Waals surface area contributed by atoms with Crippen LogP contribution in [0.3, 0.4) is 0 Å². The highest BCUT2D eigenvalue weighted by molar-refractivity contribution is 5.93. The van der Waals surface area contributed by atoms with Crippen LogP contribution in [0.25, 0.3) is 0 Å². The molecule has 114 valence electrons. The summed E-state index contributed by atoms with van der Waals surface area (Å²) < 4.78 is 0. The van der Waals surface area contributed by atoms with Crippen molar-refractivity contribution in [2.75, 3.05) is 18.0 Å². The minimum atomic E-state index is -0.826. The van der Waals surface area contributed by atoms with Crippen molar-refractivity contribution in [3.05, 3.63) is 30.3 Å². The zero-order valence-electron chi connectivity index (χ0n) is 12.1. The molecule has 5 heteroatoms. The van der Waals surface area contributed by atoms with Gasteiger partial charge in [0.05, 0.1) is 0 Å². The minimum Gasteiger partial charge on any atom is -0.481 e. The van der Waals surface area contributed by atoms with Gasteiger partial charge in [0.15, 0.2) is 0 Å². The first kappa shape index (κ1) is 15.5. The molecule has 0 aromatic heterocycles. The van der Waals surface area contributed by atoms with Gasteiger partial charge in [-0.3, -0.25) is 9.59 Å². The van der Waals surface area contributed by atoms with Crippen LogP contribution < -0.4 is 10.2 Å². The molecule has 1 aliphatic heterocycles. The molecule has 21 heavy (non-hydrogen) atoms. The summed E-state index contributed by atoms with van der Waals surface area (Å²) in [6.07, 6.45) is 3.17. The fourth-order valence-corrected chi connectivity index (χ4v) is 2.65. The van der Waals surface area contributed by atoms with E-state index in [0.717, 1.165) is 25.1 Å². The third-order valence-corrected chi connectivity index (χ3v) is 3.72. The highest BCUT2D eigenvalue weighted by Gasteiger charge is 2.22. The number of rotatable bonds is 7. The number of hydrogen-bond donors (Lipinski definition) is 2. The number of nitrogens with one attached hydrogen (secondary N) is 1. The molecule has 0 radical (unpaired) electrons. The molecular formula is C16H22N2O3. The Hall–Kier alpha value is -1.88. The van der Waals surface area contributed by atoms with E-state index in [1.165, 1.54) is 0 Å². The average Bonchev–Trinajstić information content (AvgIpc) is 2.97. The molecule has 1 unspecified atom stereocenters. The lowest BCUT2D eigenvalue weighted by molar-refractivity contribution is -0.137. The van der Waals surface area contributed by atoms with Gasteiger partial charge in [-0.25, -0.2) is 0 Å². The van der Waals surface area contributed by atoms with Gasteiger partial charge in [-0.15, -0.1) is 0 Å². The predicted molar refractivity (Wildman–Crippen MR) is 81.3 cm³/mol. The van der Waals surface area contributed by atoms with E-state index in [1.54, 1.807) is 4.90 Å². The number of anilines is 1. The summed E-state index contributed by atoms with van der Waals surface area (Å²) in [5, 5.41) is 12.1. The molecule has 2 rings (SSSR count). The summed E-state index contributed by atoms with van der Waals surface area (Å²) in [6.45, 7) is 1.42. The molecule has 0 saturated carbocycles. The number of carboxylic acids is 1. The molecule has 1 amide bonds. The van der Waals surface area contributed by atoms with Crippen LogP contribution in [-0.4, -0.2) is 36.1 Å². The number of carboxylic acid groups (broad SMARTS) is 1. The van der Waals surface area contributed by atoms with Gasteiger partial charge in [-0.2, -0.15) is 0 Å². The van der Waals surface area contributed by atoms with E-state index < -0.39 is 5.97 Å². The summed E-state index contributed by atoms with van der Waals surface area (Å²) in [6, 6.07) is 9.72. The maximum absolute atomic E-state index is 12.5. The van der Waals surface area contributed by atoms with Gasteiger partial charge < -0.3 is 15.3 Å². The van der Waals surface area contributed by atoms with Crippen LogP contribution in [0.2, 0.25) is 0 Å². The third-order valence-electron chi connectivity index (χ3n) is 3.72. The Balaban J connectivity index is 1.99. The second-order valence-electron chi connectivity index (χ2n) is 5.38. The van der Waals surface area contributed by atoms with E-state index >= 15 is 0 Å². The van der Waals surface area contributed by atoms with Crippen LogP contribution in [0.5, 0.6) is 0 Å². The summed E-state index contributed by atoms with van der Waals surface area (Å²) in [7, 11) is 0. The molecule has 1 aromatic carbocycles. The van der Waals surface area contributed by atoms with Crippen molar-refractivity contribution in [1.29, 1.82) is 0 Å². The number of benzene rings is 1. The van der Waals surface area contributed by atoms with Crippen molar-refractivity contribution >= 4 is 17.6 Å². The molecule has 1 atom stereocenters. The Morgan fingerprint density at radius 2 is 2.05 bits per heavy atom. The third kappa shape index (κ3) is 4.86. The average molecular weight is 290 g/mol. The van der Waals surface area contributed by atoms with E-state index in [-0.39, 0.29) is 18.4 Å². The van der Waals surface area contributed by atoms with Crippen LogP contribution in [-0.2, 0) is 9.59 Å². The number of nitrogens with zero attached hydrogens (tertiary/aromatic N) is 1. The Labute approximate surface area is 125 Å². The van der Waals surface area contributed by atoms with Gasteiger partial charge in [0, 0.05) is 31.1 Å². The lowest BCUT2D eigenvalue weighted by atomic mass is 10.1. The smallest absolute Gasteiger partial charge is 0.303 e. The fraction of sp³-hybridized carbons (Fsp3) is 0.500. The van der Waals surface area contributed by atoms with Crippen LogP contribution in [0.15, 0.2) is 30.3 Å². The Bertz CT molecular complexity index is 470. The van der Waals surface area contributed by atoms with E-state index in [2.05, 4.69) is 5.32 Å². The standard InChI is InChI=1S/C16H22N2O3/c19-15(12-13-6-4-10-17-13)18(11-5-9-16(20)21)14-7-2-1-3-8-14/h1-3,7-8,13,17H,4-6,9-12H2,(H,20,21). The SMILES string of the molecule is O=C(O)CCCN(C(=O)CC1CCCN1)c1ccccc1. The van der Waals surface area contributed by atoms with Gasteiger partial charge in [0.1, 0.15) is 0 Å². The van der Waals surface area contributed by atoms with Crippen molar-refractivity contribution in [3.8, 4) is 0 Å². The number of aliphatic carboxylic acids is 1. The second-order valence-corrected chi connectivity index (χ2v) is 5.38. The maximum atomic E-state index is 12.5. The van der Waals surface area contributed by atoms with Crippen LogP contribution in [0.4, 0.5) is 5.69 Å². The van der Waals surface area contributed by atoms with E-state index in [4.69, 9.17) is 5.11 Å². The highest BCUT2D eigenvalue weighted by Crippen LogP contribution is 2.18. The number of carbonyl (C=O) groups is 2. The summed E-state index contributed by atoms with van der Waals surface area (Å²) in [5.74, 6) is -0.765. The molecule has 1 aliphatic rings. The largest absolute Gasteiger partial charge is 0.481 e. The van der Waals surface area contributed by atoms with E-state index in [0.29, 0.717) is 19.4 Å². The van der Waals surface area contributed by atoms with Crippen LogP contribution >= 0.6 is 0 Å².